The molecule has 1 aromatic carbocycles. The van der Waals surface area contributed by atoms with Crippen LogP contribution in [0, 0.1) is 5.92 Å². The van der Waals surface area contributed by atoms with Gasteiger partial charge in [-0.25, -0.2) is 4.79 Å². The van der Waals surface area contributed by atoms with E-state index in [0.717, 1.165) is 0 Å². The first kappa shape index (κ1) is 17.3. The highest BCUT2D eigenvalue weighted by molar-refractivity contribution is 5.94. The molecule has 1 aromatic rings. The minimum atomic E-state index is -1.72. The maximum atomic E-state index is 12.4. The molecule has 23 heavy (non-hydrogen) atoms. The zero-order valence-electron chi connectivity index (χ0n) is 13.5. The fourth-order valence-corrected chi connectivity index (χ4v) is 2.43. The Morgan fingerprint density at radius 1 is 1.22 bits per heavy atom. The Kier molecular flexibility index (Phi) is 5.26. The van der Waals surface area contributed by atoms with Gasteiger partial charge in [-0.2, -0.15) is 0 Å². The van der Waals surface area contributed by atoms with Gasteiger partial charge in [0.15, 0.2) is 5.60 Å². The van der Waals surface area contributed by atoms with E-state index in [1.54, 1.807) is 29.2 Å². The van der Waals surface area contributed by atoms with Gasteiger partial charge in [0.1, 0.15) is 5.75 Å². The number of carboxylic acids is 1. The molecule has 1 amide bonds. The molecule has 2 N–H and O–H groups in total. The topological polar surface area (TPSA) is 87.1 Å². The summed E-state index contributed by atoms with van der Waals surface area (Å²) in [6, 6.07) is 6.92. The lowest BCUT2D eigenvalue weighted by atomic mass is 9.91. The van der Waals surface area contributed by atoms with Crippen LogP contribution in [0.25, 0.3) is 0 Å². The van der Waals surface area contributed by atoms with Crippen molar-refractivity contribution >= 4 is 11.9 Å². The molecule has 0 unspecified atom stereocenters. The van der Waals surface area contributed by atoms with Crippen molar-refractivity contribution in [2.24, 2.45) is 5.92 Å². The molecule has 126 valence electrons. The molecule has 0 radical (unpaired) electrons. The van der Waals surface area contributed by atoms with Gasteiger partial charge in [-0.1, -0.05) is 13.8 Å². The number of carboxylic acid groups (broad SMARTS) is 1. The van der Waals surface area contributed by atoms with Gasteiger partial charge in [-0.15, -0.1) is 0 Å². The van der Waals surface area contributed by atoms with Gasteiger partial charge in [0.2, 0.25) is 0 Å². The Balaban J connectivity index is 1.95. The van der Waals surface area contributed by atoms with Crippen LogP contribution >= 0.6 is 0 Å². The standard InChI is InChI=1S/C17H23NO5/c1-12(2)11-23-14-5-3-13(4-6-14)15(19)18-9-7-17(22,8-10-18)16(20)21/h3-6,12,22H,7-11H2,1-2H3,(H,20,21). The van der Waals surface area contributed by atoms with Crippen LogP contribution in [0.5, 0.6) is 5.75 Å². The Labute approximate surface area is 135 Å². The fraction of sp³-hybridized carbons (Fsp3) is 0.529. The Morgan fingerprint density at radius 3 is 2.26 bits per heavy atom. The molecule has 0 saturated carbocycles. The van der Waals surface area contributed by atoms with Gasteiger partial charge in [-0.3, -0.25) is 4.79 Å². The summed E-state index contributed by atoms with van der Waals surface area (Å²) in [5, 5.41) is 18.9. The van der Waals surface area contributed by atoms with Crippen LogP contribution in [-0.4, -0.2) is 52.3 Å². The number of nitrogens with zero attached hydrogens (tertiary/aromatic N) is 1. The van der Waals surface area contributed by atoms with Crippen LogP contribution in [0.3, 0.4) is 0 Å². The van der Waals surface area contributed by atoms with E-state index in [1.807, 2.05) is 0 Å². The van der Waals surface area contributed by atoms with Crippen LogP contribution in [-0.2, 0) is 4.79 Å². The van der Waals surface area contributed by atoms with Gasteiger partial charge < -0.3 is 19.8 Å². The molecule has 2 rings (SSSR count). The molecule has 1 fully saturated rings. The summed E-state index contributed by atoms with van der Waals surface area (Å²) in [4.78, 5) is 25.0. The third kappa shape index (κ3) is 4.22. The zero-order valence-corrected chi connectivity index (χ0v) is 13.5. The first-order valence-corrected chi connectivity index (χ1v) is 7.80. The average molecular weight is 321 g/mol. The Morgan fingerprint density at radius 2 is 1.78 bits per heavy atom. The van der Waals surface area contributed by atoms with E-state index in [2.05, 4.69) is 13.8 Å². The third-order valence-corrected chi connectivity index (χ3v) is 3.96. The molecule has 1 heterocycles. The molecule has 6 heteroatoms. The minimum absolute atomic E-state index is 0.0453. The number of rotatable bonds is 5. The van der Waals surface area contributed by atoms with Gasteiger partial charge in [-0.05, 0) is 30.2 Å². The maximum absolute atomic E-state index is 12.4. The Bertz CT molecular complexity index is 559. The molecule has 6 nitrogen and oxygen atoms in total. The van der Waals surface area contributed by atoms with Gasteiger partial charge in [0.05, 0.1) is 6.61 Å². The number of benzene rings is 1. The summed E-state index contributed by atoms with van der Waals surface area (Å²) in [5.74, 6) is -0.240. The van der Waals surface area contributed by atoms with E-state index in [0.29, 0.717) is 23.8 Å². The van der Waals surface area contributed by atoms with Crippen LogP contribution in [0.4, 0.5) is 0 Å². The zero-order chi connectivity index (χ0) is 17.0. The number of aliphatic hydroxyl groups is 1. The highest BCUT2D eigenvalue weighted by atomic mass is 16.5. The number of amides is 1. The summed E-state index contributed by atoms with van der Waals surface area (Å²) >= 11 is 0. The van der Waals surface area contributed by atoms with E-state index in [1.165, 1.54) is 0 Å². The predicted octanol–water partition coefficient (Wildman–Crippen LogP) is 1.77. The molecule has 0 spiro atoms. The van der Waals surface area contributed by atoms with Crippen molar-refractivity contribution in [2.45, 2.75) is 32.3 Å². The molecule has 0 atom stereocenters. The highest BCUT2D eigenvalue weighted by Gasteiger charge is 2.40. The monoisotopic (exact) mass is 321 g/mol. The summed E-state index contributed by atoms with van der Waals surface area (Å²) in [6.45, 7) is 5.20. The third-order valence-electron chi connectivity index (χ3n) is 3.96. The van der Waals surface area contributed by atoms with Crippen molar-refractivity contribution in [1.29, 1.82) is 0 Å². The molecular formula is C17H23NO5. The smallest absolute Gasteiger partial charge is 0.335 e. The predicted molar refractivity (Wildman–Crippen MR) is 84.5 cm³/mol. The number of ether oxygens (including phenoxy) is 1. The Hall–Kier alpha value is -2.08. The molecule has 1 aliphatic rings. The molecule has 0 aliphatic carbocycles. The van der Waals surface area contributed by atoms with Crippen LogP contribution < -0.4 is 4.74 Å². The number of carbonyl (C=O) groups is 2. The minimum Gasteiger partial charge on any atom is -0.493 e. The van der Waals surface area contributed by atoms with Crippen LogP contribution in [0.1, 0.15) is 37.0 Å². The summed E-state index contributed by atoms with van der Waals surface area (Å²) < 4.78 is 5.58. The second-order valence-corrected chi connectivity index (χ2v) is 6.36. The van der Waals surface area contributed by atoms with E-state index in [-0.39, 0.29) is 31.8 Å². The molecule has 0 aromatic heterocycles. The lowest BCUT2D eigenvalue weighted by Gasteiger charge is -2.35. The highest BCUT2D eigenvalue weighted by Crippen LogP contribution is 2.24. The maximum Gasteiger partial charge on any atom is 0.335 e. The first-order valence-electron chi connectivity index (χ1n) is 7.80. The van der Waals surface area contributed by atoms with E-state index >= 15 is 0 Å². The number of aliphatic carboxylic acids is 1. The number of likely N-dealkylation sites (tertiary alicyclic amines) is 1. The van der Waals surface area contributed by atoms with Gasteiger partial charge >= 0.3 is 5.97 Å². The number of hydrogen-bond donors (Lipinski definition) is 2. The SMILES string of the molecule is CC(C)COc1ccc(C(=O)N2CCC(O)(C(=O)O)CC2)cc1. The first-order chi connectivity index (χ1) is 10.8. The molecule has 1 aliphatic heterocycles. The van der Waals surface area contributed by atoms with E-state index in [9.17, 15) is 14.7 Å². The summed E-state index contributed by atoms with van der Waals surface area (Å²) in [5.41, 5.74) is -1.19. The fourth-order valence-electron chi connectivity index (χ4n) is 2.43. The average Bonchev–Trinajstić information content (AvgIpc) is 2.53. The van der Waals surface area contributed by atoms with Crippen molar-refractivity contribution in [1.82, 2.24) is 4.90 Å². The van der Waals surface area contributed by atoms with Crippen molar-refractivity contribution in [3.63, 3.8) is 0 Å². The lowest BCUT2D eigenvalue weighted by molar-refractivity contribution is -0.162. The van der Waals surface area contributed by atoms with E-state index < -0.39 is 11.6 Å². The van der Waals surface area contributed by atoms with Crippen molar-refractivity contribution in [3.05, 3.63) is 29.8 Å². The van der Waals surface area contributed by atoms with Crippen molar-refractivity contribution in [2.75, 3.05) is 19.7 Å². The van der Waals surface area contributed by atoms with Crippen molar-refractivity contribution < 1.29 is 24.5 Å². The number of carbonyl (C=O) groups excluding carboxylic acids is 1. The lowest BCUT2D eigenvalue weighted by Crippen LogP contribution is -2.50. The summed E-state index contributed by atoms with van der Waals surface area (Å²) in [6.07, 6.45) is 0.0906. The normalized spacial score (nSPS) is 17.1. The van der Waals surface area contributed by atoms with Gasteiger partial charge in [0.25, 0.3) is 5.91 Å². The molecule has 1 saturated heterocycles. The quantitative estimate of drug-likeness (QED) is 0.863. The molecule has 0 bridgehead atoms. The second-order valence-electron chi connectivity index (χ2n) is 6.36. The summed E-state index contributed by atoms with van der Waals surface area (Å²) in [7, 11) is 0. The van der Waals surface area contributed by atoms with E-state index in [4.69, 9.17) is 9.84 Å². The van der Waals surface area contributed by atoms with Gasteiger partial charge in [0, 0.05) is 31.5 Å². The number of hydrogen-bond acceptors (Lipinski definition) is 4. The second kappa shape index (κ2) is 7.00. The number of piperidine rings is 1. The largest absolute Gasteiger partial charge is 0.493 e. The van der Waals surface area contributed by atoms with Crippen LogP contribution in [0.15, 0.2) is 24.3 Å². The van der Waals surface area contributed by atoms with Crippen molar-refractivity contribution in [3.8, 4) is 5.75 Å². The van der Waals surface area contributed by atoms with Crippen LogP contribution in [0.2, 0.25) is 0 Å². The molecular weight excluding hydrogens is 298 g/mol.